The van der Waals surface area contributed by atoms with Gasteiger partial charge in [-0.3, -0.25) is 10.1 Å². The molecule has 0 aliphatic rings. The molecule has 0 amide bonds. The van der Waals surface area contributed by atoms with Crippen LogP contribution in [-0.4, -0.2) is 11.5 Å². The third-order valence-corrected chi connectivity index (χ3v) is 1.87. The van der Waals surface area contributed by atoms with Crippen molar-refractivity contribution in [1.82, 2.24) is 0 Å². The molecule has 15 heavy (non-hydrogen) atoms. The highest BCUT2D eigenvalue weighted by Gasteiger charge is 2.07. The summed E-state index contributed by atoms with van der Waals surface area (Å²) >= 11 is 0. The second-order valence-electron chi connectivity index (χ2n) is 3.63. The lowest BCUT2D eigenvalue weighted by molar-refractivity contribution is -0.384. The average Bonchev–Trinajstić information content (AvgIpc) is 2.13. The summed E-state index contributed by atoms with van der Waals surface area (Å²) in [6.07, 6.45) is 0. The molecule has 0 unspecified atom stereocenters. The van der Waals surface area contributed by atoms with Gasteiger partial charge in [-0.2, -0.15) is 0 Å². The van der Waals surface area contributed by atoms with E-state index in [0.717, 1.165) is 16.8 Å². The van der Waals surface area contributed by atoms with Gasteiger partial charge in [-0.15, -0.1) is 0 Å². The largest absolute Gasteiger partial charge is 0.381 e. The number of rotatable bonds is 4. The molecule has 0 fully saturated rings. The van der Waals surface area contributed by atoms with Crippen molar-refractivity contribution in [3.05, 3.63) is 46.0 Å². The van der Waals surface area contributed by atoms with Gasteiger partial charge < -0.3 is 5.32 Å². The molecule has 0 heterocycles. The smallest absolute Gasteiger partial charge is 0.271 e. The molecule has 0 aromatic heterocycles. The fourth-order valence-electron chi connectivity index (χ4n) is 1.22. The number of aryl methyl sites for hydroxylation is 1. The van der Waals surface area contributed by atoms with Gasteiger partial charge >= 0.3 is 0 Å². The predicted octanol–water partition coefficient (Wildman–Crippen LogP) is 2.89. The second-order valence-corrected chi connectivity index (χ2v) is 3.63. The predicted molar refractivity (Wildman–Crippen MR) is 61.1 cm³/mol. The van der Waals surface area contributed by atoms with E-state index in [1.807, 2.05) is 19.9 Å². The van der Waals surface area contributed by atoms with Crippen molar-refractivity contribution in [3.63, 3.8) is 0 Å². The van der Waals surface area contributed by atoms with Crippen LogP contribution < -0.4 is 5.32 Å². The van der Waals surface area contributed by atoms with E-state index in [1.54, 1.807) is 6.07 Å². The van der Waals surface area contributed by atoms with Crippen LogP contribution in [0.3, 0.4) is 0 Å². The van der Waals surface area contributed by atoms with Crippen molar-refractivity contribution in [2.75, 3.05) is 11.9 Å². The normalized spacial score (nSPS) is 9.73. The minimum absolute atomic E-state index is 0.110. The Labute approximate surface area is 88.8 Å². The summed E-state index contributed by atoms with van der Waals surface area (Å²) in [4.78, 5) is 10.2. The van der Waals surface area contributed by atoms with Crippen LogP contribution in [0.2, 0.25) is 0 Å². The number of hydrogen-bond donors (Lipinski definition) is 1. The monoisotopic (exact) mass is 206 g/mol. The Morgan fingerprint density at radius 3 is 2.73 bits per heavy atom. The van der Waals surface area contributed by atoms with Crippen LogP contribution in [-0.2, 0) is 0 Å². The summed E-state index contributed by atoms with van der Waals surface area (Å²) in [5, 5.41) is 13.7. The molecule has 0 spiro atoms. The highest BCUT2D eigenvalue weighted by Crippen LogP contribution is 2.20. The molecule has 4 heteroatoms. The zero-order valence-electron chi connectivity index (χ0n) is 8.91. The number of nitro groups is 1. The van der Waals surface area contributed by atoms with E-state index in [4.69, 9.17) is 0 Å². The summed E-state index contributed by atoms with van der Waals surface area (Å²) in [5.74, 6) is 0. The molecule has 1 N–H and O–H groups in total. The highest BCUT2D eigenvalue weighted by atomic mass is 16.6. The maximum atomic E-state index is 10.6. The second kappa shape index (κ2) is 4.59. The Hall–Kier alpha value is -1.84. The van der Waals surface area contributed by atoms with Crippen molar-refractivity contribution >= 4 is 11.4 Å². The van der Waals surface area contributed by atoms with Crippen LogP contribution in [0.25, 0.3) is 0 Å². The number of hydrogen-bond acceptors (Lipinski definition) is 3. The molecule has 0 aliphatic heterocycles. The van der Waals surface area contributed by atoms with Gasteiger partial charge in [-0.1, -0.05) is 12.2 Å². The van der Waals surface area contributed by atoms with Gasteiger partial charge in [0, 0.05) is 24.4 Å². The molecule has 4 nitrogen and oxygen atoms in total. The number of anilines is 1. The molecule has 1 rings (SSSR count). The Bertz CT molecular complexity index is 400. The Kier molecular flexibility index (Phi) is 3.44. The van der Waals surface area contributed by atoms with Crippen molar-refractivity contribution in [3.8, 4) is 0 Å². The van der Waals surface area contributed by atoms with E-state index in [0.29, 0.717) is 6.54 Å². The molecule has 0 radical (unpaired) electrons. The van der Waals surface area contributed by atoms with Gasteiger partial charge in [0.2, 0.25) is 0 Å². The molecular weight excluding hydrogens is 192 g/mol. The molecule has 0 saturated carbocycles. The Morgan fingerprint density at radius 1 is 1.53 bits per heavy atom. The molecule has 0 aliphatic carbocycles. The summed E-state index contributed by atoms with van der Waals surface area (Å²) in [6, 6.07) is 4.94. The lowest BCUT2D eigenvalue weighted by atomic mass is 10.2. The van der Waals surface area contributed by atoms with Gasteiger partial charge in [0.05, 0.1) is 4.92 Å². The highest BCUT2D eigenvalue weighted by molar-refractivity contribution is 5.54. The summed E-state index contributed by atoms with van der Waals surface area (Å²) in [7, 11) is 0. The van der Waals surface area contributed by atoms with E-state index in [2.05, 4.69) is 11.9 Å². The number of non-ortho nitro benzene ring substituents is 1. The fourth-order valence-corrected chi connectivity index (χ4v) is 1.22. The topological polar surface area (TPSA) is 55.2 Å². The minimum atomic E-state index is -0.390. The maximum absolute atomic E-state index is 10.6. The first-order chi connectivity index (χ1) is 6.99. The van der Waals surface area contributed by atoms with Gasteiger partial charge in [0.1, 0.15) is 0 Å². The van der Waals surface area contributed by atoms with Crippen molar-refractivity contribution in [1.29, 1.82) is 0 Å². The van der Waals surface area contributed by atoms with Crippen molar-refractivity contribution < 1.29 is 4.92 Å². The van der Waals surface area contributed by atoms with Crippen LogP contribution in [0, 0.1) is 17.0 Å². The van der Waals surface area contributed by atoms with Crippen molar-refractivity contribution in [2.24, 2.45) is 0 Å². The van der Waals surface area contributed by atoms with E-state index >= 15 is 0 Å². The SMILES string of the molecule is C=C(C)CNc1cc(C)cc([N+](=O)[O-])c1. The minimum Gasteiger partial charge on any atom is -0.381 e. The molecule has 0 saturated heterocycles. The Balaban J connectivity index is 2.88. The number of benzene rings is 1. The third-order valence-electron chi connectivity index (χ3n) is 1.87. The average molecular weight is 206 g/mol. The fraction of sp³-hybridized carbons (Fsp3) is 0.273. The van der Waals surface area contributed by atoms with E-state index in [9.17, 15) is 10.1 Å². The summed E-state index contributed by atoms with van der Waals surface area (Å²) in [6.45, 7) is 8.11. The third kappa shape index (κ3) is 3.42. The number of nitrogens with one attached hydrogen (secondary N) is 1. The van der Waals surface area contributed by atoms with Gasteiger partial charge in [-0.25, -0.2) is 0 Å². The zero-order valence-corrected chi connectivity index (χ0v) is 8.91. The van der Waals surface area contributed by atoms with Crippen LogP contribution in [0.1, 0.15) is 12.5 Å². The van der Waals surface area contributed by atoms with Gasteiger partial charge in [0.15, 0.2) is 0 Å². The lowest BCUT2D eigenvalue weighted by Gasteiger charge is -2.06. The van der Waals surface area contributed by atoms with Crippen LogP contribution in [0.15, 0.2) is 30.4 Å². The van der Waals surface area contributed by atoms with Crippen molar-refractivity contribution in [2.45, 2.75) is 13.8 Å². The van der Waals surface area contributed by atoms with E-state index in [1.165, 1.54) is 6.07 Å². The maximum Gasteiger partial charge on any atom is 0.271 e. The van der Waals surface area contributed by atoms with Gasteiger partial charge in [0.25, 0.3) is 5.69 Å². The first-order valence-electron chi connectivity index (χ1n) is 4.63. The van der Waals surface area contributed by atoms with E-state index < -0.39 is 0 Å². The number of nitro benzene ring substituents is 1. The standard InChI is InChI=1S/C11H14N2O2/c1-8(2)7-12-10-4-9(3)5-11(6-10)13(14)15/h4-6,12H,1,7H2,2-3H3. The molecule has 0 atom stereocenters. The molecule has 1 aromatic carbocycles. The molecular formula is C11H14N2O2. The van der Waals surface area contributed by atoms with E-state index in [-0.39, 0.29) is 10.6 Å². The first kappa shape index (κ1) is 11.2. The van der Waals surface area contributed by atoms with Crippen LogP contribution >= 0.6 is 0 Å². The van der Waals surface area contributed by atoms with Crippen LogP contribution in [0.4, 0.5) is 11.4 Å². The molecule has 80 valence electrons. The zero-order chi connectivity index (χ0) is 11.4. The summed E-state index contributed by atoms with van der Waals surface area (Å²) < 4.78 is 0. The summed E-state index contributed by atoms with van der Waals surface area (Å²) in [5.41, 5.74) is 2.72. The molecule has 0 bridgehead atoms. The van der Waals surface area contributed by atoms with Crippen LogP contribution in [0.5, 0.6) is 0 Å². The lowest BCUT2D eigenvalue weighted by Crippen LogP contribution is -2.02. The quantitative estimate of drug-likeness (QED) is 0.468. The number of nitrogens with zero attached hydrogens (tertiary/aromatic N) is 1. The Morgan fingerprint density at radius 2 is 2.20 bits per heavy atom. The van der Waals surface area contributed by atoms with Gasteiger partial charge in [-0.05, 0) is 25.5 Å². The molecule has 1 aromatic rings. The first-order valence-corrected chi connectivity index (χ1v) is 4.63.